The number of fused-ring (bicyclic) bond motifs is 1. The number of carbonyl (C=O) groups excluding carboxylic acids is 1. The molecule has 4 heterocycles. The van der Waals surface area contributed by atoms with Gasteiger partial charge in [-0.15, -0.1) is 0 Å². The van der Waals surface area contributed by atoms with Gasteiger partial charge in [-0.25, -0.2) is 9.67 Å². The van der Waals surface area contributed by atoms with Crippen LogP contribution in [-0.4, -0.2) is 42.7 Å². The Hall–Kier alpha value is -3.68. The van der Waals surface area contributed by atoms with E-state index < -0.39 is 0 Å². The predicted molar refractivity (Wildman–Crippen MR) is 106 cm³/mol. The van der Waals surface area contributed by atoms with Crippen molar-refractivity contribution in [2.45, 2.75) is 25.4 Å². The quantitative estimate of drug-likeness (QED) is 0.535. The van der Waals surface area contributed by atoms with Gasteiger partial charge in [0.15, 0.2) is 11.6 Å². The molecule has 1 saturated heterocycles. The molecular weight excluding hydrogens is 370 g/mol. The van der Waals surface area contributed by atoms with Crippen LogP contribution in [0.25, 0.3) is 16.8 Å². The predicted octanol–water partition coefficient (Wildman–Crippen LogP) is 2.48. The molecule has 1 fully saturated rings. The summed E-state index contributed by atoms with van der Waals surface area (Å²) in [5, 5.41) is 5.35. The molecule has 5 rings (SSSR count). The first-order valence-electron chi connectivity index (χ1n) is 9.55. The van der Waals surface area contributed by atoms with Gasteiger partial charge in [-0.05, 0) is 31.0 Å². The molecule has 0 saturated carbocycles. The van der Waals surface area contributed by atoms with Crippen molar-refractivity contribution in [3.05, 3.63) is 77.3 Å². The topological polar surface area (TPSA) is 86.2 Å². The van der Waals surface area contributed by atoms with Gasteiger partial charge in [0.05, 0.1) is 12.6 Å². The first-order chi connectivity index (χ1) is 14.2. The lowest BCUT2D eigenvalue weighted by Gasteiger charge is -2.24. The van der Waals surface area contributed by atoms with Crippen LogP contribution in [0.2, 0.25) is 0 Å². The normalized spacial score (nSPS) is 16.6. The van der Waals surface area contributed by atoms with E-state index >= 15 is 0 Å². The summed E-state index contributed by atoms with van der Waals surface area (Å²) in [4.78, 5) is 31.2. The number of furan rings is 1. The lowest BCUT2D eigenvalue weighted by molar-refractivity contribution is 0.0690. The molecule has 1 aliphatic rings. The van der Waals surface area contributed by atoms with E-state index in [0.29, 0.717) is 30.3 Å². The van der Waals surface area contributed by atoms with E-state index in [1.807, 2.05) is 24.3 Å². The zero-order chi connectivity index (χ0) is 19.8. The van der Waals surface area contributed by atoms with Gasteiger partial charge < -0.3 is 9.32 Å². The largest absolute Gasteiger partial charge is 0.451 e. The molecule has 1 aliphatic heterocycles. The van der Waals surface area contributed by atoms with E-state index in [1.54, 1.807) is 40.3 Å². The molecule has 3 aromatic heterocycles. The van der Waals surface area contributed by atoms with Crippen LogP contribution < -0.4 is 5.56 Å². The third-order valence-corrected chi connectivity index (χ3v) is 5.28. The number of rotatable bonds is 4. The molecule has 0 radical (unpaired) electrons. The van der Waals surface area contributed by atoms with Gasteiger partial charge in [0.1, 0.15) is 11.9 Å². The van der Waals surface area contributed by atoms with Crippen LogP contribution in [0, 0.1) is 0 Å². The molecule has 8 heteroatoms. The van der Waals surface area contributed by atoms with E-state index in [1.165, 1.54) is 10.7 Å². The Labute approximate surface area is 166 Å². The van der Waals surface area contributed by atoms with Crippen molar-refractivity contribution in [1.82, 2.24) is 24.2 Å². The van der Waals surface area contributed by atoms with Crippen molar-refractivity contribution < 1.29 is 9.21 Å². The van der Waals surface area contributed by atoms with Crippen molar-refractivity contribution in [1.29, 1.82) is 0 Å². The van der Waals surface area contributed by atoms with Crippen molar-refractivity contribution in [3.8, 4) is 5.82 Å². The average molecular weight is 389 g/mol. The Balaban J connectivity index is 1.40. The molecule has 1 amide bonds. The monoisotopic (exact) mass is 389 g/mol. The molecule has 0 spiro atoms. The van der Waals surface area contributed by atoms with E-state index in [9.17, 15) is 9.59 Å². The van der Waals surface area contributed by atoms with Crippen molar-refractivity contribution in [3.63, 3.8) is 0 Å². The van der Waals surface area contributed by atoms with Gasteiger partial charge in [0.2, 0.25) is 0 Å². The van der Waals surface area contributed by atoms with Gasteiger partial charge in [0, 0.05) is 30.4 Å². The molecule has 0 aliphatic carbocycles. The summed E-state index contributed by atoms with van der Waals surface area (Å²) in [6.45, 7) is 0.976. The molecule has 0 N–H and O–H groups in total. The highest BCUT2D eigenvalue weighted by Gasteiger charge is 2.32. The fourth-order valence-electron chi connectivity index (χ4n) is 3.82. The molecule has 1 aromatic carbocycles. The summed E-state index contributed by atoms with van der Waals surface area (Å²) >= 11 is 0. The van der Waals surface area contributed by atoms with E-state index in [2.05, 4.69) is 10.1 Å². The number of benzene rings is 1. The number of imidazole rings is 1. The molecule has 1 atom stereocenters. The van der Waals surface area contributed by atoms with Gasteiger partial charge in [-0.2, -0.15) is 5.10 Å². The lowest BCUT2D eigenvalue weighted by atomic mass is 10.2. The number of nitrogens with zero attached hydrogens (tertiary/aromatic N) is 5. The maximum atomic E-state index is 13.1. The summed E-state index contributed by atoms with van der Waals surface area (Å²) in [6, 6.07) is 12.4. The van der Waals surface area contributed by atoms with Crippen LogP contribution in [0.4, 0.5) is 0 Å². The lowest BCUT2D eigenvalue weighted by Crippen LogP contribution is -2.40. The standard InChI is InChI=1S/C21H19N5O3/c27-20-8-7-19(24-11-9-22-14-24)23-26(20)13-16-5-3-10-25(16)21(28)18-12-15-4-1-2-6-17(15)29-18/h1-2,4,6-9,11-12,14,16H,3,5,10,13H2. The Morgan fingerprint density at radius 3 is 2.93 bits per heavy atom. The Bertz CT molecular complexity index is 1190. The third-order valence-electron chi connectivity index (χ3n) is 5.28. The number of aromatic nitrogens is 4. The van der Waals surface area contributed by atoms with Gasteiger partial charge in [-0.1, -0.05) is 18.2 Å². The minimum absolute atomic E-state index is 0.112. The number of para-hydroxylation sites is 1. The molecule has 8 nitrogen and oxygen atoms in total. The number of amides is 1. The second-order valence-corrected chi connectivity index (χ2v) is 7.12. The van der Waals surface area contributed by atoms with Crippen molar-refractivity contribution >= 4 is 16.9 Å². The number of carbonyl (C=O) groups is 1. The first-order valence-corrected chi connectivity index (χ1v) is 9.55. The van der Waals surface area contributed by atoms with E-state index in [4.69, 9.17) is 4.42 Å². The smallest absolute Gasteiger partial charge is 0.289 e. The van der Waals surface area contributed by atoms with Crippen molar-refractivity contribution in [2.24, 2.45) is 0 Å². The second-order valence-electron chi connectivity index (χ2n) is 7.12. The summed E-state index contributed by atoms with van der Waals surface area (Å²) in [5.74, 6) is 0.781. The minimum atomic E-state index is -0.197. The fraction of sp³-hybridized carbons (Fsp3) is 0.238. The molecule has 1 unspecified atom stereocenters. The molecule has 0 bridgehead atoms. The SMILES string of the molecule is O=C(c1cc2ccccc2o1)N1CCCC1Cn1nc(-n2ccnc2)ccc1=O. The number of hydrogen-bond acceptors (Lipinski definition) is 5. The highest BCUT2D eigenvalue weighted by Crippen LogP contribution is 2.25. The molecule has 4 aromatic rings. The summed E-state index contributed by atoms with van der Waals surface area (Å²) in [6.07, 6.45) is 6.75. The minimum Gasteiger partial charge on any atom is -0.451 e. The molecular formula is C21H19N5O3. The van der Waals surface area contributed by atoms with Crippen LogP contribution in [0.3, 0.4) is 0 Å². The van der Waals surface area contributed by atoms with E-state index in [-0.39, 0.29) is 17.5 Å². The molecule has 29 heavy (non-hydrogen) atoms. The first kappa shape index (κ1) is 17.4. The summed E-state index contributed by atoms with van der Waals surface area (Å²) < 4.78 is 8.91. The Morgan fingerprint density at radius 2 is 2.10 bits per heavy atom. The summed E-state index contributed by atoms with van der Waals surface area (Å²) in [5.41, 5.74) is 0.495. The Kier molecular flexibility index (Phi) is 4.23. The third kappa shape index (κ3) is 3.22. The van der Waals surface area contributed by atoms with Gasteiger partial charge in [0.25, 0.3) is 11.5 Å². The zero-order valence-electron chi connectivity index (χ0n) is 15.6. The average Bonchev–Trinajstić information content (AvgIpc) is 3.49. The van der Waals surface area contributed by atoms with Crippen LogP contribution >= 0.6 is 0 Å². The second kappa shape index (κ2) is 7.05. The Morgan fingerprint density at radius 1 is 1.21 bits per heavy atom. The maximum Gasteiger partial charge on any atom is 0.289 e. The highest BCUT2D eigenvalue weighted by atomic mass is 16.3. The molecule has 146 valence electrons. The van der Waals surface area contributed by atoms with Crippen LogP contribution in [0.5, 0.6) is 0 Å². The van der Waals surface area contributed by atoms with Crippen LogP contribution in [-0.2, 0) is 6.54 Å². The van der Waals surface area contributed by atoms with Crippen LogP contribution in [0.15, 0.2) is 70.4 Å². The highest BCUT2D eigenvalue weighted by molar-refractivity contribution is 5.96. The number of likely N-dealkylation sites (tertiary alicyclic amines) is 1. The van der Waals surface area contributed by atoms with Gasteiger partial charge >= 0.3 is 0 Å². The zero-order valence-corrected chi connectivity index (χ0v) is 15.6. The summed E-state index contributed by atoms with van der Waals surface area (Å²) in [7, 11) is 0. The maximum absolute atomic E-state index is 13.1. The van der Waals surface area contributed by atoms with Crippen LogP contribution in [0.1, 0.15) is 23.4 Å². The van der Waals surface area contributed by atoms with Gasteiger partial charge in [-0.3, -0.25) is 14.2 Å². The van der Waals surface area contributed by atoms with Crippen molar-refractivity contribution in [2.75, 3.05) is 6.54 Å². The van der Waals surface area contributed by atoms with E-state index in [0.717, 1.165) is 18.2 Å². The number of hydrogen-bond donors (Lipinski definition) is 0. The fourth-order valence-corrected chi connectivity index (χ4v) is 3.82.